The van der Waals surface area contributed by atoms with E-state index in [-0.39, 0.29) is 36.3 Å². The van der Waals surface area contributed by atoms with Crippen LogP contribution in [0, 0.1) is 11.7 Å². The fraction of sp³-hybridized carbons (Fsp3) is 0.300. The first-order valence-electron chi connectivity index (χ1n) is 8.73. The van der Waals surface area contributed by atoms with Crippen molar-refractivity contribution in [1.82, 2.24) is 14.9 Å². The Hall–Kier alpha value is -2.73. The third-order valence-corrected chi connectivity index (χ3v) is 5.01. The predicted molar refractivity (Wildman–Crippen MR) is 95.7 cm³/mol. The van der Waals surface area contributed by atoms with Crippen LogP contribution in [0.4, 0.5) is 4.39 Å². The Labute approximate surface area is 150 Å². The number of hydrogen-bond acceptors (Lipinski definition) is 3. The number of aliphatic hydroxyl groups excluding tert-OH is 1. The first-order chi connectivity index (χ1) is 12.6. The molecule has 2 N–H and O–H groups in total. The Morgan fingerprint density at radius 1 is 1.23 bits per heavy atom. The molecule has 0 unspecified atom stereocenters. The Balaban J connectivity index is 1.51. The third-order valence-electron chi connectivity index (χ3n) is 5.01. The van der Waals surface area contributed by atoms with E-state index in [1.807, 2.05) is 28.8 Å². The Kier molecular flexibility index (Phi) is 4.42. The molecule has 1 amide bonds. The number of benzene rings is 2. The Morgan fingerprint density at radius 2 is 1.96 bits per heavy atom. The van der Waals surface area contributed by atoms with Crippen molar-refractivity contribution in [1.29, 1.82) is 0 Å². The number of halogens is 1. The highest BCUT2D eigenvalue weighted by molar-refractivity contribution is 5.80. The molecular weight excluding hydrogens is 333 g/mol. The number of rotatable bonds is 5. The summed E-state index contributed by atoms with van der Waals surface area (Å²) in [7, 11) is 0. The molecule has 1 saturated carbocycles. The molecule has 1 aromatic heterocycles. The van der Waals surface area contributed by atoms with Gasteiger partial charge in [-0.1, -0.05) is 24.3 Å². The van der Waals surface area contributed by atoms with Crippen LogP contribution in [0.1, 0.15) is 24.4 Å². The second kappa shape index (κ2) is 6.88. The highest BCUT2D eigenvalue weighted by Gasteiger charge is 2.35. The van der Waals surface area contributed by atoms with Crippen LogP contribution in [-0.4, -0.2) is 26.7 Å². The highest BCUT2D eigenvalue weighted by atomic mass is 19.1. The lowest BCUT2D eigenvalue weighted by atomic mass is 9.75. The second-order valence-corrected chi connectivity index (χ2v) is 6.84. The van der Waals surface area contributed by atoms with Crippen molar-refractivity contribution in [3.63, 3.8) is 0 Å². The van der Waals surface area contributed by atoms with Crippen LogP contribution in [0.3, 0.4) is 0 Å². The molecule has 0 saturated heterocycles. The lowest BCUT2D eigenvalue weighted by molar-refractivity contribution is -0.123. The van der Waals surface area contributed by atoms with Crippen molar-refractivity contribution in [2.75, 3.05) is 0 Å². The molecule has 134 valence electrons. The minimum absolute atomic E-state index is 0.135. The second-order valence-electron chi connectivity index (χ2n) is 6.84. The summed E-state index contributed by atoms with van der Waals surface area (Å²) in [5, 5.41) is 12.7. The van der Waals surface area contributed by atoms with E-state index in [1.165, 1.54) is 12.1 Å². The lowest BCUT2D eigenvalue weighted by Gasteiger charge is -2.38. The fourth-order valence-corrected chi connectivity index (χ4v) is 3.56. The van der Waals surface area contributed by atoms with Gasteiger partial charge in [-0.3, -0.25) is 4.79 Å². The summed E-state index contributed by atoms with van der Waals surface area (Å²) in [6.45, 7) is 0.160. The average Bonchev–Trinajstić information content (AvgIpc) is 3.01. The number of nitrogens with zero attached hydrogens (tertiary/aromatic N) is 2. The maximum absolute atomic E-state index is 13.2. The number of fused-ring (bicyclic) bond motifs is 1. The fourth-order valence-electron chi connectivity index (χ4n) is 3.56. The van der Waals surface area contributed by atoms with Crippen LogP contribution in [0.25, 0.3) is 11.0 Å². The number of aromatic nitrogens is 2. The first-order valence-corrected chi connectivity index (χ1v) is 8.73. The molecule has 26 heavy (non-hydrogen) atoms. The lowest BCUT2D eigenvalue weighted by Crippen LogP contribution is -2.42. The molecule has 1 fully saturated rings. The van der Waals surface area contributed by atoms with Crippen molar-refractivity contribution in [3.05, 3.63) is 66.2 Å². The summed E-state index contributed by atoms with van der Waals surface area (Å²) < 4.78 is 15.0. The maximum Gasteiger partial charge on any atom is 0.240 e. The summed E-state index contributed by atoms with van der Waals surface area (Å²) in [6, 6.07) is 13.6. The van der Waals surface area contributed by atoms with E-state index < -0.39 is 0 Å². The van der Waals surface area contributed by atoms with Gasteiger partial charge in [0.25, 0.3) is 0 Å². The number of hydrogen-bond donors (Lipinski definition) is 2. The van der Waals surface area contributed by atoms with Crippen LogP contribution in [0.5, 0.6) is 0 Å². The van der Waals surface area contributed by atoms with Gasteiger partial charge >= 0.3 is 0 Å². The molecule has 6 heteroatoms. The molecule has 5 nitrogen and oxygen atoms in total. The van der Waals surface area contributed by atoms with Gasteiger partial charge in [0.2, 0.25) is 5.91 Å². The van der Waals surface area contributed by atoms with Crippen LogP contribution >= 0.6 is 0 Å². The maximum atomic E-state index is 13.2. The van der Waals surface area contributed by atoms with Gasteiger partial charge in [0, 0.05) is 0 Å². The van der Waals surface area contributed by atoms with Crippen molar-refractivity contribution in [2.24, 2.45) is 5.92 Å². The van der Waals surface area contributed by atoms with E-state index in [4.69, 9.17) is 0 Å². The summed E-state index contributed by atoms with van der Waals surface area (Å²) in [6.07, 6.45) is 2.61. The largest absolute Gasteiger partial charge is 0.393 e. The third kappa shape index (κ3) is 3.32. The summed E-state index contributed by atoms with van der Waals surface area (Å²) in [5.41, 5.74) is 2.60. The Bertz CT molecular complexity index is 916. The van der Waals surface area contributed by atoms with Crippen molar-refractivity contribution >= 4 is 16.9 Å². The van der Waals surface area contributed by atoms with E-state index in [2.05, 4.69) is 10.3 Å². The molecule has 3 aromatic rings. The minimum Gasteiger partial charge on any atom is -0.393 e. The molecule has 4 rings (SSSR count). The number of carbonyl (C=O) groups excluding carboxylic acids is 1. The molecule has 2 aromatic carbocycles. The molecule has 0 aliphatic heterocycles. The summed E-state index contributed by atoms with van der Waals surface area (Å²) >= 11 is 0. The normalized spacial score (nSPS) is 20.5. The molecule has 1 aliphatic carbocycles. The zero-order chi connectivity index (χ0) is 18.1. The molecule has 1 heterocycles. The number of amides is 1. The minimum atomic E-state index is -0.322. The molecular formula is C20H20FN3O2. The number of imidazole rings is 1. The number of para-hydroxylation sites is 2. The smallest absolute Gasteiger partial charge is 0.240 e. The monoisotopic (exact) mass is 353 g/mol. The van der Waals surface area contributed by atoms with E-state index >= 15 is 0 Å². The van der Waals surface area contributed by atoms with E-state index in [1.54, 1.807) is 18.5 Å². The summed E-state index contributed by atoms with van der Waals surface area (Å²) in [5.74, 6) is -0.292. The van der Waals surface area contributed by atoms with Crippen LogP contribution in [-0.2, 0) is 11.3 Å². The van der Waals surface area contributed by atoms with E-state index in [9.17, 15) is 14.3 Å². The van der Waals surface area contributed by atoms with Crippen LogP contribution in [0.2, 0.25) is 0 Å². The summed E-state index contributed by atoms with van der Waals surface area (Å²) in [4.78, 5) is 16.9. The molecule has 1 atom stereocenters. The molecule has 1 aliphatic rings. The highest BCUT2D eigenvalue weighted by Crippen LogP contribution is 2.38. The van der Waals surface area contributed by atoms with Gasteiger partial charge in [-0.25, -0.2) is 9.37 Å². The average molecular weight is 353 g/mol. The first kappa shape index (κ1) is 16.7. The van der Waals surface area contributed by atoms with Gasteiger partial charge in [0.15, 0.2) is 0 Å². The topological polar surface area (TPSA) is 67.2 Å². The van der Waals surface area contributed by atoms with Gasteiger partial charge in [0.05, 0.1) is 29.5 Å². The standard InChI is InChI=1S/C20H20FN3O2/c21-15-7-5-13(6-8-15)20(14-9-16(25)10-14)23-19(26)11-24-12-22-17-3-1-2-4-18(17)24/h1-8,12,14,16,20,25H,9-11H2,(H,23,26)/t14?,16?,20-/m1/s1. The zero-order valence-corrected chi connectivity index (χ0v) is 14.2. The van der Waals surface area contributed by atoms with Crippen molar-refractivity contribution in [3.8, 4) is 0 Å². The van der Waals surface area contributed by atoms with Gasteiger partial charge in [-0.05, 0) is 48.6 Å². The van der Waals surface area contributed by atoms with Gasteiger partial charge in [-0.2, -0.15) is 0 Å². The zero-order valence-electron chi connectivity index (χ0n) is 14.2. The van der Waals surface area contributed by atoms with Crippen LogP contribution in [0.15, 0.2) is 54.9 Å². The molecule has 0 radical (unpaired) electrons. The Morgan fingerprint density at radius 3 is 2.69 bits per heavy atom. The van der Waals surface area contributed by atoms with Crippen LogP contribution < -0.4 is 5.32 Å². The molecule has 0 bridgehead atoms. The van der Waals surface area contributed by atoms with Crippen molar-refractivity contribution < 1.29 is 14.3 Å². The van der Waals surface area contributed by atoms with E-state index in [0.29, 0.717) is 12.8 Å². The SMILES string of the molecule is O=C(Cn1cnc2ccccc21)N[C@H](c1ccc(F)cc1)C1CC(O)C1. The number of carbonyl (C=O) groups is 1. The number of aliphatic hydroxyl groups is 1. The van der Waals surface area contributed by atoms with Gasteiger partial charge in [-0.15, -0.1) is 0 Å². The predicted octanol–water partition coefficient (Wildman–Crippen LogP) is 2.80. The number of nitrogens with one attached hydrogen (secondary N) is 1. The quantitative estimate of drug-likeness (QED) is 0.741. The van der Waals surface area contributed by atoms with Crippen molar-refractivity contribution in [2.45, 2.75) is 31.5 Å². The van der Waals surface area contributed by atoms with E-state index in [0.717, 1.165) is 16.6 Å². The van der Waals surface area contributed by atoms with Gasteiger partial charge < -0.3 is 15.0 Å². The molecule has 0 spiro atoms. The van der Waals surface area contributed by atoms with Gasteiger partial charge in [0.1, 0.15) is 12.4 Å².